The molecule has 2 aromatic carbocycles. The van der Waals surface area contributed by atoms with Crippen LogP contribution < -0.4 is 4.90 Å². The molecule has 4 heteroatoms. The number of halogens is 1. The summed E-state index contributed by atoms with van der Waals surface area (Å²) in [7, 11) is 1.76. The first-order valence-corrected chi connectivity index (χ1v) is 5.40. The van der Waals surface area contributed by atoms with Crippen molar-refractivity contribution in [2.24, 2.45) is 0 Å². The number of carboxylic acid groups (broad SMARTS) is 1. The molecule has 0 unspecified atom stereocenters. The van der Waals surface area contributed by atoms with Crippen molar-refractivity contribution in [3.63, 3.8) is 0 Å². The van der Waals surface area contributed by atoms with Gasteiger partial charge < -0.3 is 10.0 Å². The van der Waals surface area contributed by atoms with Crippen LogP contribution in [0.5, 0.6) is 0 Å². The minimum Gasteiger partial charge on any atom is -0.478 e. The van der Waals surface area contributed by atoms with Gasteiger partial charge in [-0.25, -0.2) is 9.18 Å². The smallest absolute Gasteiger partial charge is 0.335 e. The first kappa shape index (κ1) is 12.1. The molecule has 0 amide bonds. The average Bonchev–Trinajstić information content (AvgIpc) is 2.38. The summed E-state index contributed by atoms with van der Waals surface area (Å²) in [5.74, 6) is -1.70. The normalized spacial score (nSPS) is 10.1. The first-order valence-electron chi connectivity index (χ1n) is 5.40. The number of benzene rings is 2. The summed E-state index contributed by atoms with van der Waals surface area (Å²) in [4.78, 5) is 12.6. The van der Waals surface area contributed by atoms with Crippen LogP contribution in [0.1, 0.15) is 10.4 Å². The zero-order valence-corrected chi connectivity index (χ0v) is 9.80. The fourth-order valence-electron chi connectivity index (χ4n) is 1.69. The van der Waals surface area contributed by atoms with Gasteiger partial charge in [0.2, 0.25) is 0 Å². The van der Waals surface area contributed by atoms with Crippen LogP contribution in [0.15, 0.2) is 48.5 Å². The lowest BCUT2D eigenvalue weighted by Crippen LogP contribution is -2.10. The Morgan fingerprint density at radius 2 is 1.78 bits per heavy atom. The number of anilines is 2. The lowest BCUT2D eigenvalue weighted by atomic mass is 10.1. The number of aromatic carboxylic acids is 1. The van der Waals surface area contributed by atoms with Crippen molar-refractivity contribution in [3.8, 4) is 0 Å². The average molecular weight is 245 g/mol. The number of rotatable bonds is 3. The summed E-state index contributed by atoms with van der Waals surface area (Å²) < 4.78 is 13.4. The van der Waals surface area contributed by atoms with E-state index in [9.17, 15) is 9.18 Å². The molecular formula is C14H12FNO2. The molecule has 2 rings (SSSR count). The summed E-state index contributed by atoms with van der Waals surface area (Å²) in [6.07, 6.45) is 0. The van der Waals surface area contributed by atoms with Crippen molar-refractivity contribution in [1.29, 1.82) is 0 Å². The number of para-hydroxylation sites is 1. The topological polar surface area (TPSA) is 40.5 Å². The fourth-order valence-corrected chi connectivity index (χ4v) is 1.69. The molecule has 0 aliphatic heterocycles. The van der Waals surface area contributed by atoms with Gasteiger partial charge >= 0.3 is 5.97 Å². The second-order valence-corrected chi connectivity index (χ2v) is 3.90. The molecule has 0 spiro atoms. The van der Waals surface area contributed by atoms with Gasteiger partial charge in [-0.1, -0.05) is 18.2 Å². The molecule has 0 aromatic heterocycles. The molecule has 2 aromatic rings. The van der Waals surface area contributed by atoms with Gasteiger partial charge in [0.1, 0.15) is 5.82 Å². The second kappa shape index (κ2) is 4.87. The number of hydrogen-bond donors (Lipinski definition) is 1. The van der Waals surface area contributed by atoms with Gasteiger partial charge in [0.15, 0.2) is 0 Å². The third kappa shape index (κ3) is 2.48. The molecular weight excluding hydrogens is 233 g/mol. The van der Waals surface area contributed by atoms with Gasteiger partial charge in [0.25, 0.3) is 0 Å². The highest BCUT2D eigenvalue weighted by Crippen LogP contribution is 2.25. The summed E-state index contributed by atoms with van der Waals surface area (Å²) in [5, 5.41) is 8.90. The largest absolute Gasteiger partial charge is 0.478 e. The monoisotopic (exact) mass is 245 g/mol. The van der Waals surface area contributed by atoms with Crippen LogP contribution in [0, 0.1) is 5.82 Å². The summed E-state index contributed by atoms with van der Waals surface area (Å²) in [5.41, 5.74) is 1.30. The summed E-state index contributed by atoms with van der Waals surface area (Å²) >= 11 is 0. The Kier molecular flexibility index (Phi) is 3.28. The van der Waals surface area contributed by atoms with Crippen LogP contribution in [0.4, 0.5) is 15.8 Å². The molecule has 0 aliphatic rings. The van der Waals surface area contributed by atoms with Crippen molar-refractivity contribution >= 4 is 17.3 Å². The Balaban J connectivity index is 2.42. The zero-order chi connectivity index (χ0) is 13.1. The van der Waals surface area contributed by atoms with E-state index in [1.165, 1.54) is 12.1 Å². The van der Waals surface area contributed by atoms with Gasteiger partial charge in [0.05, 0.1) is 5.56 Å². The van der Waals surface area contributed by atoms with E-state index in [-0.39, 0.29) is 5.56 Å². The Labute approximate surface area is 104 Å². The quantitative estimate of drug-likeness (QED) is 0.902. The molecule has 0 fully saturated rings. The van der Waals surface area contributed by atoms with E-state index in [0.717, 1.165) is 11.8 Å². The molecule has 0 aliphatic carbocycles. The van der Waals surface area contributed by atoms with Crippen molar-refractivity contribution in [2.75, 3.05) is 11.9 Å². The van der Waals surface area contributed by atoms with Crippen molar-refractivity contribution in [1.82, 2.24) is 0 Å². The maximum Gasteiger partial charge on any atom is 0.335 e. The molecule has 0 heterocycles. The van der Waals surface area contributed by atoms with Gasteiger partial charge in [-0.05, 0) is 30.3 Å². The van der Waals surface area contributed by atoms with Crippen molar-refractivity contribution in [2.45, 2.75) is 0 Å². The highest BCUT2D eigenvalue weighted by molar-refractivity contribution is 5.89. The van der Waals surface area contributed by atoms with Crippen molar-refractivity contribution in [3.05, 3.63) is 59.9 Å². The van der Waals surface area contributed by atoms with E-state index in [0.29, 0.717) is 5.69 Å². The number of carboxylic acids is 1. The third-order valence-electron chi connectivity index (χ3n) is 2.66. The number of carbonyl (C=O) groups is 1. The molecule has 3 nitrogen and oxygen atoms in total. The standard InChI is InChI=1S/C14H12FNO2/c1-16(12-5-3-2-4-6-12)13-8-10(14(17)18)7-11(15)9-13/h2-9H,1H3,(H,17,18). The molecule has 0 radical (unpaired) electrons. The maximum atomic E-state index is 13.4. The molecule has 0 saturated heterocycles. The number of hydrogen-bond acceptors (Lipinski definition) is 2. The first-order chi connectivity index (χ1) is 8.58. The summed E-state index contributed by atoms with van der Waals surface area (Å²) in [6, 6.07) is 13.1. The van der Waals surface area contributed by atoms with Crippen LogP contribution >= 0.6 is 0 Å². The van der Waals surface area contributed by atoms with E-state index in [4.69, 9.17) is 5.11 Å². The molecule has 92 valence electrons. The van der Waals surface area contributed by atoms with Gasteiger partial charge in [0, 0.05) is 18.4 Å². The number of nitrogens with zero attached hydrogens (tertiary/aromatic N) is 1. The lowest BCUT2D eigenvalue weighted by molar-refractivity contribution is 0.0696. The Hall–Kier alpha value is -2.36. The van der Waals surface area contributed by atoms with E-state index in [1.807, 2.05) is 30.3 Å². The summed E-state index contributed by atoms with van der Waals surface area (Å²) in [6.45, 7) is 0. The van der Waals surface area contributed by atoms with Crippen LogP contribution in [0.2, 0.25) is 0 Å². The second-order valence-electron chi connectivity index (χ2n) is 3.90. The third-order valence-corrected chi connectivity index (χ3v) is 2.66. The molecule has 18 heavy (non-hydrogen) atoms. The predicted molar refractivity (Wildman–Crippen MR) is 67.9 cm³/mol. The Morgan fingerprint density at radius 3 is 2.39 bits per heavy atom. The van der Waals surface area contributed by atoms with E-state index >= 15 is 0 Å². The highest BCUT2D eigenvalue weighted by Gasteiger charge is 2.10. The fraction of sp³-hybridized carbons (Fsp3) is 0.0714. The zero-order valence-electron chi connectivity index (χ0n) is 9.80. The van der Waals surface area contributed by atoms with Crippen molar-refractivity contribution < 1.29 is 14.3 Å². The van der Waals surface area contributed by atoms with Crippen LogP contribution in [-0.4, -0.2) is 18.1 Å². The van der Waals surface area contributed by atoms with Crippen LogP contribution in [0.25, 0.3) is 0 Å². The minimum absolute atomic E-state index is 0.0622. The van der Waals surface area contributed by atoms with Crippen LogP contribution in [0.3, 0.4) is 0 Å². The van der Waals surface area contributed by atoms with Gasteiger partial charge in [-0.3, -0.25) is 0 Å². The Bertz CT molecular complexity index is 569. The van der Waals surface area contributed by atoms with Crippen LogP contribution in [-0.2, 0) is 0 Å². The highest BCUT2D eigenvalue weighted by atomic mass is 19.1. The van der Waals surface area contributed by atoms with E-state index in [1.54, 1.807) is 11.9 Å². The SMILES string of the molecule is CN(c1ccccc1)c1cc(F)cc(C(=O)O)c1. The molecule has 0 saturated carbocycles. The molecule has 1 N–H and O–H groups in total. The van der Waals surface area contributed by atoms with Gasteiger partial charge in [-0.15, -0.1) is 0 Å². The maximum absolute atomic E-state index is 13.4. The molecule has 0 atom stereocenters. The predicted octanol–water partition coefficient (Wildman–Crippen LogP) is 3.29. The Morgan fingerprint density at radius 1 is 1.11 bits per heavy atom. The van der Waals surface area contributed by atoms with E-state index < -0.39 is 11.8 Å². The lowest BCUT2D eigenvalue weighted by Gasteiger charge is -2.19. The molecule has 0 bridgehead atoms. The minimum atomic E-state index is -1.14. The van der Waals surface area contributed by atoms with E-state index in [2.05, 4.69) is 0 Å². The van der Waals surface area contributed by atoms with Gasteiger partial charge in [-0.2, -0.15) is 0 Å².